The molecule has 11 rings (SSSR count). The summed E-state index contributed by atoms with van der Waals surface area (Å²) in [5.41, 5.74) is 13.2. The highest BCUT2D eigenvalue weighted by molar-refractivity contribution is 8.02. The van der Waals surface area contributed by atoms with E-state index in [4.69, 9.17) is 9.97 Å². The fraction of sp³-hybridized carbons (Fsp3) is 0. The number of hydrogen-bond donors (Lipinski definition) is 0. The molecule has 50 heavy (non-hydrogen) atoms. The number of para-hydroxylation sites is 1. The number of rotatable bonds is 4. The van der Waals surface area contributed by atoms with E-state index in [1.807, 2.05) is 35.3 Å². The van der Waals surface area contributed by atoms with Crippen LogP contribution in [0.1, 0.15) is 0 Å². The molecule has 0 amide bonds. The van der Waals surface area contributed by atoms with Gasteiger partial charge in [0.2, 0.25) is 6.71 Å². The van der Waals surface area contributed by atoms with Crippen molar-refractivity contribution in [3.05, 3.63) is 152 Å². The lowest BCUT2D eigenvalue weighted by Crippen LogP contribution is -2.60. The van der Waals surface area contributed by atoms with Crippen LogP contribution in [0.2, 0.25) is 0 Å². The summed E-state index contributed by atoms with van der Waals surface area (Å²) in [5, 5.41) is 1.05. The van der Waals surface area contributed by atoms with Crippen LogP contribution in [0.4, 0.5) is 0 Å². The maximum atomic E-state index is 5.24. The number of benzene rings is 7. The Balaban J connectivity index is 1.02. The molecular formula is C44H25BN2S3. The lowest BCUT2D eigenvalue weighted by atomic mass is 9.36. The average molecular weight is 689 g/mol. The number of aromatic nitrogens is 2. The first-order valence-corrected chi connectivity index (χ1v) is 19.2. The molecule has 1 aromatic heterocycles. The first kappa shape index (κ1) is 28.8. The Labute approximate surface area is 303 Å². The van der Waals surface area contributed by atoms with Gasteiger partial charge in [-0.25, -0.2) is 9.97 Å². The Morgan fingerprint density at radius 2 is 0.880 bits per heavy atom. The van der Waals surface area contributed by atoms with Crippen molar-refractivity contribution in [2.45, 2.75) is 29.4 Å². The van der Waals surface area contributed by atoms with Crippen LogP contribution in [0.25, 0.3) is 55.8 Å². The Morgan fingerprint density at radius 3 is 1.58 bits per heavy atom. The van der Waals surface area contributed by atoms with Gasteiger partial charge in [0.25, 0.3) is 0 Å². The second-order valence-corrected chi connectivity index (χ2v) is 16.1. The maximum Gasteiger partial charge on any atom is 0.250 e. The van der Waals surface area contributed by atoms with Crippen molar-refractivity contribution in [3.63, 3.8) is 0 Å². The van der Waals surface area contributed by atoms with Gasteiger partial charge in [-0.15, -0.1) is 0 Å². The molecule has 3 aliphatic heterocycles. The van der Waals surface area contributed by atoms with Gasteiger partial charge in [-0.05, 0) is 87.2 Å². The van der Waals surface area contributed by atoms with Crippen molar-refractivity contribution in [2.24, 2.45) is 0 Å². The fourth-order valence-corrected chi connectivity index (χ4v) is 11.6. The van der Waals surface area contributed by atoms with Gasteiger partial charge in [0, 0.05) is 45.9 Å². The summed E-state index contributed by atoms with van der Waals surface area (Å²) in [6, 6.07) is 54.8. The van der Waals surface area contributed by atoms with E-state index in [1.165, 1.54) is 68.0 Å². The van der Waals surface area contributed by atoms with Crippen LogP contribution in [-0.2, 0) is 0 Å². The molecule has 232 valence electrons. The van der Waals surface area contributed by atoms with Gasteiger partial charge in [-0.1, -0.05) is 138 Å². The van der Waals surface area contributed by atoms with Gasteiger partial charge in [-0.3, -0.25) is 0 Å². The van der Waals surface area contributed by atoms with Crippen LogP contribution < -0.4 is 16.4 Å². The summed E-state index contributed by atoms with van der Waals surface area (Å²) in [5.74, 6) is 0.735. The largest absolute Gasteiger partial charge is 0.250 e. The van der Waals surface area contributed by atoms with Gasteiger partial charge in [0.15, 0.2) is 5.82 Å². The Bertz CT molecular complexity index is 2620. The molecule has 0 N–H and O–H groups in total. The maximum absolute atomic E-state index is 5.24. The summed E-state index contributed by atoms with van der Waals surface area (Å²) >= 11 is 5.78. The van der Waals surface area contributed by atoms with Crippen molar-refractivity contribution >= 4 is 69.3 Å². The molecule has 0 bridgehead atoms. The van der Waals surface area contributed by atoms with Crippen LogP contribution in [-0.4, -0.2) is 16.7 Å². The van der Waals surface area contributed by atoms with Crippen molar-refractivity contribution in [2.75, 3.05) is 0 Å². The summed E-state index contributed by atoms with van der Waals surface area (Å²) in [6.07, 6.45) is 0. The zero-order chi connectivity index (χ0) is 32.8. The summed E-state index contributed by atoms with van der Waals surface area (Å²) < 4.78 is 0. The monoisotopic (exact) mass is 688 g/mol. The van der Waals surface area contributed by atoms with Gasteiger partial charge in [-0.2, -0.15) is 0 Å². The second kappa shape index (κ2) is 11.3. The minimum absolute atomic E-state index is 0.299. The molecule has 2 nitrogen and oxygen atoms in total. The van der Waals surface area contributed by atoms with Crippen LogP contribution in [0.3, 0.4) is 0 Å². The molecule has 7 aromatic carbocycles. The third kappa shape index (κ3) is 4.49. The fourth-order valence-electron chi connectivity index (χ4n) is 7.70. The normalized spacial score (nSPS) is 13.3. The molecule has 0 saturated carbocycles. The van der Waals surface area contributed by atoms with E-state index >= 15 is 0 Å². The molecule has 4 heterocycles. The van der Waals surface area contributed by atoms with Gasteiger partial charge >= 0.3 is 0 Å². The molecular weight excluding hydrogens is 664 g/mol. The minimum Gasteiger partial charge on any atom is -0.228 e. The third-order valence-corrected chi connectivity index (χ3v) is 13.4. The van der Waals surface area contributed by atoms with E-state index in [2.05, 4.69) is 152 Å². The number of fused-ring (bicyclic) bond motifs is 1. The zero-order valence-electron chi connectivity index (χ0n) is 26.6. The summed E-state index contributed by atoms with van der Waals surface area (Å²) in [7, 11) is 0. The Hall–Kier alpha value is -5.01. The summed E-state index contributed by atoms with van der Waals surface area (Å²) in [6.45, 7) is 0.299. The molecule has 0 atom stereocenters. The molecule has 0 spiro atoms. The van der Waals surface area contributed by atoms with Crippen LogP contribution in [0, 0.1) is 0 Å². The number of nitrogens with zero attached hydrogens (tertiary/aromatic N) is 2. The van der Waals surface area contributed by atoms with Gasteiger partial charge in [0.05, 0.1) is 11.2 Å². The van der Waals surface area contributed by atoms with Gasteiger partial charge in [0.1, 0.15) is 0 Å². The zero-order valence-corrected chi connectivity index (χ0v) is 29.1. The minimum atomic E-state index is 0.299. The van der Waals surface area contributed by atoms with E-state index in [-0.39, 0.29) is 0 Å². The first-order valence-electron chi connectivity index (χ1n) is 16.8. The van der Waals surface area contributed by atoms with Crippen LogP contribution in [0.15, 0.2) is 181 Å². The molecule has 6 heteroatoms. The quantitative estimate of drug-likeness (QED) is 0.172. The van der Waals surface area contributed by atoms with Crippen LogP contribution >= 0.6 is 35.3 Å². The molecule has 0 aliphatic carbocycles. The number of hydrogen-bond acceptors (Lipinski definition) is 5. The standard InChI is InChI=1S/C44H25BN2S3/c1-2-9-26(10-3-1)27-19-21-28(22-20-27)43-32-13-4-5-14-33(32)46-44(47-43)30-12-6-11-29(23-30)31-24-38-42-39(25-31)50-37-18-8-16-35-41(37)45(42)40-34(48-35)15-7-17-36(40)49-38/h1-25H. The smallest absolute Gasteiger partial charge is 0.228 e. The topological polar surface area (TPSA) is 25.8 Å². The van der Waals surface area contributed by atoms with Gasteiger partial charge < -0.3 is 0 Å². The highest BCUT2D eigenvalue weighted by Gasteiger charge is 2.43. The summed E-state index contributed by atoms with van der Waals surface area (Å²) in [4.78, 5) is 18.6. The molecule has 0 fully saturated rings. The molecule has 8 aromatic rings. The molecule has 0 radical (unpaired) electrons. The van der Waals surface area contributed by atoms with E-state index in [0.29, 0.717) is 6.71 Å². The lowest BCUT2D eigenvalue weighted by molar-refractivity contribution is 1.23. The van der Waals surface area contributed by atoms with E-state index in [0.717, 1.165) is 33.5 Å². The first-order chi connectivity index (χ1) is 24.7. The third-order valence-electron chi connectivity index (χ3n) is 10.0. The SMILES string of the molecule is c1ccc(-c2ccc(-c3nc(-c4cccc(-c5cc6c7c(c5)Sc5cccc8c5B7c5c(cccc5S6)S8)c4)nc4ccccc34)cc2)cc1. The van der Waals surface area contributed by atoms with E-state index in [9.17, 15) is 0 Å². The Kier molecular flexibility index (Phi) is 6.48. The van der Waals surface area contributed by atoms with E-state index in [1.54, 1.807) is 0 Å². The van der Waals surface area contributed by atoms with Crippen molar-refractivity contribution in [1.29, 1.82) is 0 Å². The second-order valence-electron chi connectivity index (χ2n) is 12.9. The van der Waals surface area contributed by atoms with Crippen molar-refractivity contribution < 1.29 is 0 Å². The Morgan fingerprint density at radius 1 is 0.360 bits per heavy atom. The molecule has 3 aliphatic rings. The van der Waals surface area contributed by atoms with E-state index < -0.39 is 0 Å². The molecule has 0 unspecified atom stereocenters. The average Bonchev–Trinajstić information content (AvgIpc) is 3.18. The predicted octanol–water partition coefficient (Wildman–Crippen LogP) is 10.2. The van der Waals surface area contributed by atoms with Crippen molar-refractivity contribution in [3.8, 4) is 44.9 Å². The lowest BCUT2D eigenvalue weighted by Gasteiger charge is -2.38. The molecule has 0 saturated heterocycles. The van der Waals surface area contributed by atoms with Crippen LogP contribution in [0.5, 0.6) is 0 Å². The highest BCUT2D eigenvalue weighted by Crippen LogP contribution is 2.46. The van der Waals surface area contributed by atoms with Crippen molar-refractivity contribution in [1.82, 2.24) is 9.97 Å². The highest BCUT2D eigenvalue weighted by atomic mass is 32.2. The predicted molar refractivity (Wildman–Crippen MR) is 211 cm³/mol.